The van der Waals surface area contributed by atoms with Crippen LogP contribution in [0, 0.1) is 5.82 Å². The van der Waals surface area contributed by atoms with Crippen molar-refractivity contribution < 1.29 is 12.8 Å². The van der Waals surface area contributed by atoms with Gasteiger partial charge in [-0.1, -0.05) is 24.3 Å². The number of nitrogens with one attached hydrogen (secondary N) is 1. The summed E-state index contributed by atoms with van der Waals surface area (Å²) < 4.78 is 41.0. The molecule has 24 heavy (non-hydrogen) atoms. The second-order valence-electron chi connectivity index (χ2n) is 5.24. The Morgan fingerprint density at radius 3 is 2.79 bits per heavy atom. The van der Waals surface area contributed by atoms with Crippen LogP contribution in [0.1, 0.15) is 5.56 Å². The number of hydrogen-bond acceptors (Lipinski definition) is 5. The highest BCUT2D eigenvalue weighted by Crippen LogP contribution is 2.25. The van der Waals surface area contributed by atoms with Crippen LogP contribution in [0.2, 0.25) is 0 Å². The van der Waals surface area contributed by atoms with Crippen molar-refractivity contribution in [1.29, 1.82) is 0 Å². The third-order valence-electron chi connectivity index (χ3n) is 3.66. The van der Waals surface area contributed by atoms with Crippen LogP contribution in [0.4, 0.5) is 4.39 Å². The molecule has 2 aromatic rings. The topological polar surface area (TPSA) is 49.4 Å². The van der Waals surface area contributed by atoms with E-state index in [4.69, 9.17) is 0 Å². The van der Waals surface area contributed by atoms with E-state index >= 15 is 0 Å². The third-order valence-corrected chi connectivity index (χ3v) is 7.51. The van der Waals surface area contributed by atoms with Crippen molar-refractivity contribution in [2.45, 2.75) is 16.0 Å². The predicted molar refractivity (Wildman–Crippen MR) is 96.8 cm³/mol. The molecule has 0 aliphatic carbocycles. The molecular weight excluding hydrogens is 367 g/mol. The van der Waals surface area contributed by atoms with Gasteiger partial charge in [0.1, 0.15) is 10.0 Å². The molecule has 0 fully saturated rings. The van der Waals surface area contributed by atoms with E-state index in [1.807, 2.05) is 22.6 Å². The Labute approximate surface area is 149 Å². The van der Waals surface area contributed by atoms with E-state index < -0.39 is 10.0 Å². The molecule has 1 aliphatic heterocycles. The van der Waals surface area contributed by atoms with Gasteiger partial charge in [0, 0.05) is 19.3 Å². The maximum absolute atomic E-state index is 13.7. The Kier molecular flexibility index (Phi) is 5.60. The lowest BCUT2D eigenvalue weighted by molar-refractivity contribution is 0.361. The molecule has 0 amide bonds. The molecule has 8 heteroatoms. The fraction of sp³-hybridized carbons (Fsp3) is 0.250. The maximum atomic E-state index is 13.7. The summed E-state index contributed by atoms with van der Waals surface area (Å²) in [5.74, 6) is -0.205. The Bertz CT molecular complexity index is 806. The minimum absolute atomic E-state index is 0.0217. The molecule has 0 radical (unpaired) electrons. The lowest BCUT2D eigenvalue weighted by Crippen LogP contribution is -2.38. The van der Waals surface area contributed by atoms with Gasteiger partial charge in [0.05, 0.1) is 5.37 Å². The first kappa shape index (κ1) is 17.5. The number of hydrogen-bond donors (Lipinski definition) is 1. The van der Waals surface area contributed by atoms with Crippen molar-refractivity contribution in [3.05, 3.63) is 64.8 Å². The fourth-order valence-electron chi connectivity index (χ4n) is 2.38. The summed E-state index contributed by atoms with van der Waals surface area (Å²) in [4.78, 5) is 2.04. The molecule has 0 saturated carbocycles. The van der Waals surface area contributed by atoms with Crippen molar-refractivity contribution in [1.82, 2.24) is 9.62 Å². The minimum Gasteiger partial charge on any atom is -0.363 e. The first-order valence-corrected chi connectivity index (χ1v) is 10.7. The van der Waals surface area contributed by atoms with Crippen molar-refractivity contribution >= 4 is 33.1 Å². The van der Waals surface area contributed by atoms with E-state index in [2.05, 4.69) is 4.72 Å². The predicted octanol–water partition coefficient (Wildman–Crippen LogP) is 3.25. The summed E-state index contributed by atoms with van der Waals surface area (Å²) >= 11 is 2.75. The molecule has 3 rings (SSSR count). The van der Waals surface area contributed by atoms with E-state index in [1.54, 1.807) is 41.4 Å². The summed E-state index contributed by atoms with van der Waals surface area (Å²) in [5.41, 5.74) is 0.667. The molecule has 2 heterocycles. The molecule has 4 nitrogen and oxygen atoms in total. The van der Waals surface area contributed by atoms with Crippen LogP contribution in [0.15, 0.2) is 57.6 Å². The fourth-order valence-corrected chi connectivity index (χ4v) is 5.48. The molecular formula is C16H17FN2O2S3. The van der Waals surface area contributed by atoms with Crippen molar-refractivity contribution in [3.8, 4) is 0 Å². The van der Waals surface area contributed by atoms with Gasteiger partial charge in [-0.05, 0) is 34.9 Å². The highest BCUT2D eigenvalue weighted by atomic mass is 32.2. The van der Waals surface area contributed by atoms with Gasteiger partial charge >= 0.3 is 0 Å². The van der Waals surface area contributed by atoms with E-state index in [1.165, 1.54) is 17.4 Å². The van der Waals surface area contributed by atoms with Gasteiger partial charge in [-0.15, -0.1) is 23.1 Å². The number of rotatable bonds is 7. The van der Waals surface area contributed by atoms with Crippen LogP contribution in [-0.2, 0) is 16.4 Å². The first-order valence-electron chi connectivity index (χ1n) is 7.41. The van der Waals surface area contributed by atoms with Gasteiger partial charge in [0.2, 0.25) is 10.0 Å². The van der Waals surface area contributed by atoms with Gasteiger partial charge in [0.25, 0.3) is 0 Å². The van der Waals surface area contributed by atoms with Crippen molar-refractivity contribution in [2.75, 3.05) is 13.1 Å². The molecule has 0 spiro atoms. The van der Waals surface area contributed by atoms with Crippen LogP contribution in [0.5, 0.6) is 0 Å². The summed E-state index contributed by atoms with van der Waals surface area (Å²) in [6, 6.07) is 10.0. The van der Waals surface area contributed by atoms with Crippen LogP contribution >= 0.6 is 23.1 Å². The number of benzene rings is 1. The minimum atomic E-state index is -3.46. The van der Waals surface area contributed by atoms with Gasteiger partial charge in [-0.3, -0.25) is 0 Å². The first-order chi connectivity index (χ1) is 11.6. The van der Waals surface area contributed by atoms with Crippen molar-refractivity contribution in [3.63, 3.8) is 0 Å². The summed E-state index contributed by atoms with van der Waals surface area (Å²) in [5, 5.41) is 3.65. The average molecular weight is 385 g/mol. The highest BCUT2D eigenvalue weighted by Gasteiger charge is 2.23. The van der Waals surface area contributed by atoms with E-state index in [0.29, 0.717) is 29.3 Å². The Morgan fingerprint density at radius 2 is 2.04 bits per heavy atom. The summed E-state index contributed by atoms with van der Waals surface area (Å²) in [6.45, 7) is 0.936. The van der Waals surface area contributed by atoms with E-state index in [-0.39, 0.29) is 11.2 Å². The monoisotopic (exact) mass is 384 g/mol. The lowest BCUT2D eigenvalue weighted by Gasteiger charge is -2.25. The van der Waals surface area contributed by atoms with Crippen LogP contribution in [0.3, 0.4) is 0 Å². The average Bonchev–Trinajstić information content (AvgIpc) is 3.24. The number of thiophene rings is 1. The molecule has 1 aliphatic rings. The number of thioether (sulfide) groups is 1. The molecule has 1 aromatic carbocycles. The zero-order valence-corrected chi connectivity index (χ0v) is 15.2. The van der Waals surface area contributed by atoms with E-state index in [9.17, 15) is 12.8 Å². The molecule has 1 N–H and O–H groups in total. The van der Waals surface area contributed by atoms with Crippen LogP contribution in [0.25, 0.3) is 0 Å². The van der Waals surface area contributed by atoms with Gasteiger partial charge in [-0.2, -0.15) is 0 Å². The SMILES string of the molecule is O=S(=O)(NCC1SC=CN1CCc1ccccc1F)c1cccs1. The van der Waals surface area contributed by atoms with Crippen LogP contribution < -0.4 is 4.72 Å². The van der Waals surface area contributed by atoms with Gasteiger partial charge < -0.3 is 4.90 Å². The normalized spacial score (nSPS) is 17.5. The molecule has 0 bridgehead atoms. The second kappa shape index (κ2) is 7.69. The molecule has 128 valence electrons. The smallest absolute Gasteiger partial charge is 0.250 e. The lowest BCUT2D eigenvalue weighted by atomic mass is 10.1. The summed E-state index contributed by atoms with van der Waals surface area (Å²) in [6.07, 6.45) is 2.50. The largest absolute Gasteiger partial charge is 0.363 e. The van der Waals surface area contributed by atoms with Crippen LogP contribution in [-0.4, -0.2) is 31.8 Å². The quantitative estimate of drug-likeness (QED) is 0.796. The molecule has 1 aromatic heterocycles. The Hall–Kier alpha value is -1.35. The molecule has 1 atom stereocenters. The van der Waals surface area contributed by atoms with Crippen molar-refractivity contribution in [2.24, 2.45) is 0 Å². The maximum Gasteiger partial charge on any atom is 0.250 e. The number of halogens is 1. The third kappa shape index (κ3) is 4.18. The Morgan fingerprint density at radius 1 is 1.21 bits per heavy atom. The van der Waals surface area contributed by atoms with Gasteiger partial charge in [-0.25, -0.2) is 17.5 Å². The standard InChI is InChI=1S/C16H17FN2O2S3/c17-14-5-2-1-4-13(14)7-8-19-9-11-22-15(19)12-18-24(20,21)16-6-3-10-23-16/h1-6,9-11,15,18H,7-8,12H2. The number of nitrogens with zero attached hydrogens (tertiary/aromatic N) is 1. The zero-order valence-electron chi connectivity index (χ0n) is 12.8. The zero-order chi connectivity index (χ0) is 17.0. The highest BCUT2D eigenvalue weighted by molar-refractivity contribution is 8.03. The molecule has 0 saturated heterocycles. The summed E-state index contributed by atoms with van der Waals surface area (Å²) in [7, 11) is -3.46. The van der Waals surface area contributed by atoms with E-state index in [0.717, 1.165) is 0 Å². The molecule has 1 unspecified atom stereocenters. The van der Waals surface area contributed by atoms with Gasteiger partial charge in [0.15, 0.2) is 0 Å². The number of sulfonamides is 1. The Balaban J connectivity index is 1.56. The second-order valence-corrected chi connectivity index (χ2v) is 9.27.